The molecule has 2 heterocycles. The highest BCUT2D eigenvalue weighted by Gasteiger charge is 2.31. The van der Waals surface area contributed by atoms with E-state index in [0.717, 1.165) is 73.7 Å². The van der Waals surface area contributed by atoms with E-state index in [2.05, 4.69) is 21.8 Å². The number of nitrogens with zero attached hydrogens (tertiary/aromatic N) is 3. The summed E-state index contributed by atoms with van der Waals surface area (Å²) < 4.78 is 39.2. The molecule has 0 unspecified atom stereocenters. The normalized spacial score (nSPS) is 17.3. The molecule has 0 amide bonds. The molecule has 1 aliphatic carbocycles. The zero-order chi connectivity index (χ0) is 20.6. The van der Waals surface area contributed by atoms with Crippen LogP contribution >= 0.6 is 0 Å². The smallest absolute Gasteiger partial charge is 0.370 e. The molecule has 2 fully saturated rings. The number of hydrogen-bond acceptors (Lipinski definition) is 4. The number of rotatable bonds is 5. The van der Waals surface area contributed by atoms with Gasteiger partial charge in [0.2, 0.25) is 0 Å². The summed E-state index contributed by atoms with van der Waals surface area (Å²) in [6.45, 7) is 8.10. The van der Waals surface area contributed by atoms with Gasteiger partial charge in [-0.2, -0.15) is 13.2 Å². The Bertz CT molecular complexity index is 913. The van der Waals surface area contributed by atoms with Gasteiger partial charge in [0.15, 0.2) is 0 Å². The van der Waals surface area contributed by atoms with Crippen molar-refractivity contribution < 1.29 is 13.2 Å². The summed E-state index contributed by atoms with van der Waals surface area (Å²) >= 11 is 0. The largest absolute Gasteiger partial charge is 0.416 e. The molecule has 29 heavy (non-hydrogen) atoms. The lowest BCUT2D eigenvalue weighted by molar-refractivity contribution is -0.137. The topological polar surface area (TPSA) is 41.1 Å². The lowest BCUT2D eigenvalue weighted by Gasteiger charge is -2.31. The van der Waals surface area contributed by atoms with E-state index in [9.17, 15) is 13.2 Å². The van der Waals surface area contributed by atoms with Crippen LogP contribution in [0.15, 0.2) is 30.8 Å². The minimum absolute atomic E-state index is 0.325. The van der Waals surface area contributed by atoms with Gasteiger partial charge < -0.3 is 10.2 Å². The van der Waals surface area contributed by atoms with Crippen molar-refractivity contribution in [3.05, 3.63) is 53.5 Å². The maximum absolute atomic E-state index is 13.1. The summed E-state index contributed by atoms with van der Waals surface area (Å²) in [5.41, 5.74) is 2.15. The van der Waals surface area contributed by atoms with E-state index in [4.69, 9.17) is 4.98 Å². The quantitative estimate of drug-likeness (QED) is 0.678. The van der Waals surface area contributed by atoms with Crippen molar-refractivity contribution in [3.63, 3.8) is 0 Å². The standard InChI is InChI=1S/C22H25F3N4/c1-14-19(15(2)29-11-4-3-5-12-29)27-21(16-9-10-16)28-20(14)26-18-8-6-7-17(13-18)22(23,24)25/h6-8,13,16H,2-5,9-12H2,1H3,(H,26,27,28). The molecule has 2 aromatic rings. The Morgan fingerprint density at radius 3 is 2.52 bits per heavy atom. The molecular weight excluding hydrogens is 377 g/mol. The number of hydrogen-bond donors (Lipinski definition) is 1. The third kappa shape index (κ3) is 4.38. The molecule has 4 rings (SSSR count). The van der Waals surface area contributed by atoms with E-state index < -0.39 is 11.7 Å². The molecule has 1 aromatic heterocycles. The van der Waals surface area contributed by atoms with Gasteiger partial charge in [0.1, 0.15) is 11.6 Å². The van der Waals surface area contributed by atoms with Crippen LogP contribution < -0.4 is 5.32 Å². The highest BCUT2D eigenvalue weighted by atomic mass is 19.4. The molecule has 1 aromatic carbocycles. The Balaban J connectivity index is 1.68. The highest BCUT2D eigenvalue weighted by Crippen LogP contribution is 2.40. The lowest BCUT2D eigenvalue weighted by Crippen LogP contribution is -2.28. The first kappa shape index (κ1) is 19.7. The van der Waals surface area contributed by atoms with Gasteiger partial charge >= 0.3 is 6.18 Å². The summed E-state index contributed by atoms with van der Waals surface area (Å²) in [7, 11) is 0. The third-order valence-corrected chi connectivity index (χ3v) is 5.57. The molecular formula is C22H25F3N4. The zero-order valence-electron chi connectivity index (χ0n) is 16.5. The molecule has 154 valence electrons. The van der Waals surface area contributed by atoms with Crippen LogP contribution in [0.25, 0.3) is 5.70 Å². The Morgan fingerprint density at radius 2 is 1.86 bits per heavy atom. The lowest BCUT2D eigenvalue weighted by atomic mass is 10.1. The van der Waals surface area contributed by atoms with Gasteiger partial charge in [-0.25, -0.2) is 9.97 Å². The average Bonchev–Trinajstić information content (AvgIpc) is 3.55. The number of benzene rings is 1. The predicted octanol–water partition coefficient (Wildman–Crippen LogP) is 5.88. The number of halogens is 3. The average molecular weight is 402 g/mol. The van der Waals surface area contributed by atoms with Crippen molar-refractivity contribution in [1.82, 2.24) is 14.9 Å². The van der Waals surface area contributed by atoms with E-state index >= 15 is 0 Å². The van der Waals surface area contributed by atoms with Crippen LogP contribution in [-0.4, -0.2) is 28.0 Å². The van der Waals surface area contributed by atoms with Gasteiger partial charge in [-0.1, -0.05) is 12.6 Å². The van der Waals surface area contributed by atoms with Gasteiger partial charge in [-0.15, -0.1) is 0 Å². The van der Waals surface area contributed by atoms with E-state index in [0.29, 0.717) is 17.4 Å². The molecule has 4 nitrogen and oxygen atoms in total. The summed E-state index contributed by atoms with van der Waals surface area (Å²) in [5.74, 6) is 1.62. The summed E-state index contributed by atoms with van der Waals surface area (Å²) in [4.78, 5) is 11.7. The van der Waals surface area contributed by atoms with Crippen LogP contribution in [0, 0.1) is 6.92 Å². The molecule has 0 spiro atoms. The molecule has 0 bridgehead atoms. The Hall–Kier alpha value is -2.57. The van der Waals surface area contributed by atoms with Crippen molar-refractivity contribution in [2.45, 2.75) is 51.1 Å². The van der Waals surface area contributed by atoms with E-state index in [1.807, 2.05) is 6.92 Å². The summed E-state index contributed by atoms with van der Waals surface area (Å²) in [6, 6.07) is 5.19. The van der Waals surface area contributed by atoms with E-state index in [1.54, 1.807) is 6.07 Å². The molecule has 1 N–H and O–H groups in total. The van der Waals surface area contributed by atoms with Crippen LogP contribution in [0.3, 0.4) is 0 Å². The SMILES string of the molecule is C=C(c1nc(C2CC2)nc(Nc2cccc(C(F)(F)F)c2)c1C)N1CCCCC1. The van der Waals surface area contributed by atoms with Crippen LogP contribution in [-0.2, 0) is 6.18 Å². The number of piperidine rings is 1. The Labute approximate surface area is 168 Å². The highest BCUT2D eigenvalue weighted by molar-refractivity contribution is 5.69. The maximum atomic E-state index is 13.1. The van der Waals surface area contributed by atoms with Crippen LogP contribution in [0.5, 0.6) is 0 Å². The fourth-order valence-corrected chi connectivity index (χ4v) is 3.68. The number of anilines is 2. The minimum atomic E-state index is -4.38. The van der Waals surface area contributed by atoms with Crippen LogP contribution in [0.1, 0.15) is 60.7 Å². The first-order chi connectivity index (χ1) is 13.8. The van der Waals surface area contributed by atoms with Gasteiger partial charge in [0, 0.05) is 30.3 Å². The predicted molar refractivity (Wildman–Crippen MR) is 108 cm³/mol. The maximum Gasteiger partial charge on any atom is 0.416 e. The minimum Gasteiger partial charge on any atom is -0.370 e. The molecule has 1 aliphatic heterocycles. The number of nitrogens with one attached hydrogen (secondary N) is 1. The van der Waals surface area contributed by atoms with Crippen molar-refractivity contribution >= 4 is 17.2 Å². The molecule has 0 atom stereocenters. The molecule has 2 aliphatic rings. The zero-order valence-corrected chi connectivity index (χ0v) is 16.5. The van der Waals surface area contributed by atoms with Gasteiger partial charge in [0.05, 0.1) is 17.0 Å². The second kappa shape index (κ2) is 7.69. The fourth-order valence-electron chi connectivity index (χ4n) is 3.68. The number of aromatic nitrogens is 2. The fraction of sp³-hybridized carbons (Fsp3) is 0.455. The first-order valence-corrected chi connectivity index (χ1v) is 10.1. The molecule has 1 saturated carbocycles. The molecule has 7 heteroatoms. The first-order valence-electron chi connectivity index (χ1n) is 10.1. The molecule has 0 radical (unpaired) electrons. The van der Waals surface area contributed by atoms with Gasteiger partial charge in [-0.05, 0) is 57.2 Å². The van der Waals surface area contributed by atoms with E-state index in [-0.39, 0.29) is 0 Å². The Morgan fingerprint density at radius 1 is 1.14 bits per heavy atom. The number of alkyl halides is 3. The number of likely N-dealkylation sites (tertiary alicyclic amines) is 1. The van der Waals surface area contributed by atoms with Crippen molar-refractivity contribution in [2.75, 3.05) is 18.4 Å². The Kier molecular flexibility index (Phi) is 5.23. The van der Waals surface area contributed by atoms with Gasteiger partial charge in [0.25, 0.3) is 0 Å². The van der Waals surface area contributed by atoms with E-state index in [1.165, 1.54) is 12.5 Å². The third-order valence-electron chi connectivity index (χ3n) is 5.57. The van der Waals surface area contributed by atoms with Gasteiger partial charge in [-0.3, -0.25) is 0 Å². The second-order valence-corrected chi connectivity index (χ2v) is 7.88. The summed E-state index contributed by atoms with van der Waals surface area (Å²) in [6.07, 6.45) is 1.19. The van der Waals surface area contributed by atoms with Crippen molar-refractivity contribution in [3.8, 4) is 0 Å². The monoisotopic (exact) mass is 402 g/mol. The van der Waals surface area contributed by atoms with Crippen molar-refractivity contribution in [2.24, 2.45) is 0 Å². The van der Waals surface area contributed by atoms with Crippen LogP contribution in [0.4, 0.5) is 24.7 Å². The molecule has 1 saturated heterocycles. The summed E-state index contributed by atoms with van der Waals surface area (Å²) in [5, 5.41) is 3.10. The van der Waals surface area contributed by atoms with Crippen LogP contribution in [0.2, 0.25) is 0 Å². The second-order valence-electron chi connectivity index (χ2n) is 7.88. The van der Waals surface area contributed by atoms with Crippen molar-refractivity contribution in [1.29, 1.82) is 0 Å².